The highest BCUT2D eigenvalue weighted by Gasteiger charge is 2.47. The highest BCUT2D eigenvalue weighted by atomic mass is 16.5. The summed E-state index contributed by atoms with van der Waals surface area (Å²) in [6, 6.07) is 14.7. The van der Waals surface area contributed by atoms with Gasteiger partial charge < -0.3 is 10.1 Å². The van der Waals surface area contributed by atoms with Crippen LogP contribution >= 0.6 is 0 Å². The van der Waals surface area contributed by atoms with Crippen molar-refractivity contribution in [3.8, 4) is 11.5 Å². The molecule has 0 spiro atoms. The lowest BCUT2D eigenvalue weighted by atomic mass is 9.85. The Kier molecular flexibility index (Phi) is 5.16. The van der Waals surface area contributed by atoms with Crippen LogP contribution in [0.5, 0.6) is 11.5 Å². The first-order valence-electron chi connectivity index (χ1n) is 9.66. The maximum absolute atomic E-state index is 12.5. The molecule has 0 bridgehead atoms. The molecule has 2 aromatic rings. The van der Waals surface area contributed by atoms with Gasteiger partial charge in [-0.15, -0.1) is 0 Å². The third-order valence-electron chi connectivity index (χ3n) is 5.30. The van der Waals surface area contributed by atoms with E-state index in [0.717, 1.165) is 16.2 Å². The molecule has 1 aliphatic heterocycles. The van der Waals surface area contributed by atoms with Crippen LogP contribution in [0.1, 0.15) is 18.4 Å². The standard InChI is InChI=1S/C23H22N2O4/c1-15-6-10-17(11-7-15)29-18-12-8-16(9-13-18)24-21(26)14-25-22(27)19-4-2-3-5-20(19)23(25)28/h2-3,6-13,19-20H,4-5,14H2,1H3,(H,24,26)/t19-,20-/m1/s1. The molecule has 0 radical (unpaired) electrons. The first-order valence-corrected chi connectivity index (χ1v) is 9.66. The Morgan fingerprint density at radius 2 is 1.45 bits per heavy atom. The van der Waals surface area contributed by atoms with Gasteiger partial charge >= 0.3 is 0 Å². The smallest absolute Gasteiger partial charge is 0.244 e. The van der Waals surface area contributed by atoms with Crippen LogP contribution in [-0.2, 0) is 14.4 Å². The van der Waals surface area contributed by atoms with Gasteiger partial charge in [0, 0.05) is 5.69 Å². The maximum Gasteiger partial charge on any atom is 0.244 e. The molecule has 2 aliphatic rings. The molecule has 2 atom stereocenters. The minimum atomic E-state index is -0.398. The van der Waals surface area contributed by atoms with Crippen molar-refractivity contribution >= 4 is 23.4 Å². The first-order chi connectivity index (χ1) is 14.0. The summed E-state index contributed by atoms with van der Waals surface area (Å²) in [4.78, 5) is 38.4. The van der Waals surface area contributed by atoms with Crippen molar-refractivity contribution in [3.05, 3.63) is 66.2 Å². The molecule has 0 aromatic heterocycles. The fourth-order valence-electron chi connectivity index (χ4n) is 3.72. The molecule has 6 nitrogen and oxygen atoms in total. The van der Waals surface area contributed by atoms with E-state index in [1.165, 1.54) is 0 Å². The van der Waals surface area contributed by atoms with Gasteiger partial charge in [0.15, 0.2) is 0 Å². The quantitative estimate of drug-likeness (QED) is 0.624. The van der Waals surface area contributed by atoms with Gasteiger partial charge in [0.2, 0.25) is 17.7 Å². The fourth-order valence-corrected chi connectivity index (χ4v) is 3.72. The monoisotopic (exact) mass is 390 g/mol. The van der Waals surface area contributed by atoms with E-state index in [9.17, 15) is 14.4 Å². The zero-order valence-corrected chi connectivity index (χ0v) is 16.1. The minimum Gasteiger partial charge on any atom is -0.457 e. The molecule has 1 N–H and O–H groups in total. The number of benzene rings is 2. The predicted molar refractivity (Wildman–Crippen MR) is 108 cm³/mol. The zero-order chi connectivity index (χ0) is 20.4. The van der Waals surface area contributed by atoms with Gasteiger partial charge in [0.25, 0.3) is 0 Å². The van der Waals surface area contributed by atoms with E-state index in [0.29, 0.717) is 24.3 Å². The van der Waals surface area contributed by atoms with Crippen molar-refractivity contribution in [3.63, 3.8) is 0 Å². The van der Waals surface area contributed by atoms with Gasteiger partial charge in [-0.3, -0.25) is 19.3 Å². The van der Waals surface area contributed by atoms with Crippen molar-refractivity contribution in [1.82, 2.24) is 4.90 Å². The Hall–Kier alpha value is -3.41. The second kappa shape index (κ2) is 7.91. The second-order valence-electron chi connectivity index (χ2n) is 7.41. The third kappa shape index (κ3) is 4.06. The molecule has 6 heteroatoms. The lowest BCUT2D eigenvalue weighted by molar-refractivity contribution is -0.142. The fraction of sp³-hybridized carbons (Fsp3) is 0.261. The van der Waals surface area contributed by atoms with Crippen LogP contribution in [-0.4, -0.2) is 29.2 Å². The lowest BCUT2D eigenvalue weighted by Crippen LogP contribution is -2.38. The van der Waals surface area contributed by atoms with Crippen molar-refractivity contribution < 1.29 is 19.1 Å². The van der Waals surface area contributed by atoms with E-state index in [-0.39, 0.29) is 30.2 Å². The zero-order valence-electron chi connectivity index (χ0n) is 16.1. The van der Waals surface area contributed by atoms with Gasteiger partial charge in [0.05, 0.1) is 11.8 Å². The van der Waals surface area contributed by atoms with Gasteiger partial charge in [-0.05, 0) is 56.2 Å². The lowest BCUT2D eigenvalue weighted by Gasteiger charge is -2.14. The van der Waals surface area contributed by atoms with Gasteiger partial charge in [0.1, 0.15) is 18.0 Å². The minimum absolute atomic E-state index is 0.249. The normalized spacial score (nSPS) is 20.5. The molecule has 3 amide bonds. The Morgan fingerprint density at radius 3 is 2.00 bits per heavy atom. The Balaban J connectivity index is 1.34. The van der Waals surface area contributed by atoms with E-state index in [1.807, 2.05) is 43.3 Å². The summed E-state index contributed by atoms with van der Waals surface area (Å²) < 4.78 is 5.77. The topological polar surface area (TPSA) is 75.7 Å². The summed E-state index contributed by atoms with van der Waals surface area (Å²) >= 11 is 0. The van der Waals surface area contributed by atoms with Crippen LogP contribution in [0.3, 0.4) is 0 Å². The molecule has 0 saturated carbocycles. The van der Waals surface area contributed by atoms with Crippen molar-refractivity contribution in [2.45, 2.75) is 19.8 Å². The number of ether oxygens (including phenoxy) is 1. The second-order valence-corrected chi connectivity index (χ2v) is 7.41. The average Bonchev–Trinajstić information content (AvgIpc) is 2.96. The summed E-state index contributed by atoms with van der Waals surface area (Å²) in [5.41, 5.74) is 1.73. The Bertz CT molecular complexity index is 937. The van der Waals surface area contributed by atoms with E-state index in [1.54, 1.807) is 24.3 Å². The molecule has 4 rings (SSSR count). The Labute approximate surface area is 169 Å². The summed E-state index contributed by atoms with van der Waals surface area (Å²) in [6.07, 6.45) is 4.98. The number of nitrogens with one attached hydrogen (secondary N) is 1. The van der Waals surface area contributed by atoms with Crippen LogP contribution in [0.4, 0.5) is 5.69 Å². The van der Waals surface area contributed by atoms with Crippen LogP contribution in [0.2, 0.25) is 0 Å². The molecule has 1 fully saturated rings. The van der Waals surface area contributed by atoms with E-state index in [2.05, 4.69) is 5.32 Å². The summed E-state index contributed by atoms with van der Waals surface area (Å²) in [7, 11) is 0. The number of anilines is 1. The number of nitrogens with zero attached hydrogens (tertiary/aromatic N) is 1. The summed E-state index contributed by atoms with van der Waals surface area (Å²) in [6.45, 7) is 1.75. The molecule has 1 saturated heterocycles. The van der Waals surface area contributed by atoms with Gasteiger partial charge in [-0.2, -0.15) is 0 Å². The van der Waals surface area contributed by atoms with Crippen LogP contribution in [0, 0.1) is 18.8 Å². The van der Waals surface area contributed by atoms with Crippen molar-refractivity contribution in [2.75, 3.05) is 11.9 Å². The third-order valence-corrected chi connectivity index (χ3v) is 5.30. The SMILES string of the molecule is Cc1ccc(Oc2ccc(NC(=O)CN3C(=O)[C@@H]4CC=CC[C@H]4C3=O)cc2)cc1. The number of carbonyl (C=O) groups is 3. The number of aryl methyl sites for hydroxylation is 1. The molecule has 2 aromatic carbocycles. The molecular weight excluding hydrogens is 368 g/mol. The van der Waals surface area contributed by atoms with Crippen LogP contribution in [0.15, 0.2) is 60.7 Å². The number of fused-ring (bicyclic) bond motifs is 1. The summed E-state index contributed by atoms with van der Waals surface area (Å²) in [5.74, 6) is -0.159. The number of rotatable bonds is 5. The number of allylic oxidation sites excluding steroid dienone is 2. The maximum atomic E-state index is 12.5. The Morgan fingerprint density at radius 1 is 0.931 bits per heavy atom. The van der Waals surface area contributed by atoms with E-state index >= 15 is 0 Å². The number of amides is 3. The number of imide groups is 1. The highest BCUT2D eigenvalue weighted by molar-refractivity contribution is 6.08. The molecular formula is C23H22N2O4. The van der Waals surface area contributed by atoms with Crippen molar-refractivity contribution in [1.29, 1.82) is 0 Å². The number of hydrogen-bond acceptors (Lipinski definition) is 4. The number of hydrogen-bond donors (Lipinski definition) is 1. The first kappa shape index (κ1) is 18.9. The number of carbonyl (C=O) groups excluding carboxylic acids is 3. The van der Waals surface area contributed by atoms with Crippen LogP contribution < -0.4 is 10.1 Å². The predicted octanol–water partition coefficient (Wildman–Crippen LogP) is 3.68. The van der Waals surface area contributed by atoms with E-state index < -0.39 is 5.91 Å². The van der Waals surface area contributed by atoms with E-state index in [4.69, 9.17) is 4.74 Å². The molecule has 148 valence electrons. The molecule has 1 heterocycles. The number of likely N-dealkylation sites (tertiary alicyclic amines) is 1. The van der Waals surface area contributed by atoms with Gasteiger partial charge in [-0.1, -0.05) is 29.8 Å². The molecule has 0 unspecified atom stereocenters. The molecule has 29 heavy (non-hydrogen) atoms. The van der Waals surface area contributed by atoms with Crippen LogP contribution in [0.25, 0.3) is 0 Å². The summed E-state index contributed by atoms with van der Waals surface area (Å²) in [5, 5.41) is 2.73. The average molecular weight is 390 g/mol. The molecule has 1 aliphatic carbocycles. The van der Waals surface area contributed by atoms with Crippen molar-refractivity contribution in [2.24, 2.45) is 11.8 Å². The van der Waals surface area contributed by atoms with Gasteiger partial charge in [-0.25, -0.2) is 0 Å². The largest absolute Gasteiger partial charge is 0.457 e. The highest BCUT2D eigenvalue weighted by Crippen LogP contribution is 2.34.